The molecular weight excluding hydrogens is 805 g/mol. The lowest BCUT2D eigenvalue weighted by molar-refractivity contribution is -0.167. The van der Waals surface area contributed by atoms with Crippen LogP contribution in [-0.2, 0) is 28.6 Å². The van der Waals surface area contributed by atoms with Crippen molar-refractivity contribution in [3.8, 4) is 0 Å². The average Bonchev–Trinajstić information content (AvgIpc) is 3.30. The van der Waals surface area contributed by atoms with Gasteiger partial charge in [-0.2, -0.15) is 0 Å². The Morgan fingerprint density at radius 2 is 0.646 bits per heavy atom. The third-order valence-corrected chi connectivity index (χ3v) is 12.0. The molecule has 0 fully saturated rings. The molecule has 0 aliphatic rings. The number of carbonyl (C=O) groups is 3. The molecule has 0 rings (SSSR count). The zero-order valence-corrected chi connectivity index (χ0v) is 43.0. The Balaban J connectivity index is 4.34. The van der Waals surface area contributed by atoms with Crippen molar-refractivity contribution in [1.82, 2.24) is 0 Å². The average molecular weight is 909 g/mol. The van der Waals surface area contributed by atoms with Crippen molar-refractivity contribution >= 4 is 17.9 Å². The van der Waals surface area contributed by atoms with Crippen LogP contribution in [0.1, 0.15) is 278 Å². The molecule has 0 aromatic rings. The Bertz CT molecular complexity index is 1180. The molecule has 376 valence electrons. The molecular formula is C59H104O6. The van der Waals surface area contributed by atoms with Crippen LogP contribution in [0.5, 0.6) is 0 Å². The summed E-state index contributed by atoms with van der Waals surface area (Å²) in [5, 5.41) is 0. The first-order valence-corrected chi connectivity index (χ1v) is 27.8. The SMILES string of the molecule is CC/C=C\C/C=C\C/C=C\CCCCCCCCCCCC(=O)OCC(COC(=O)CCCCCCCCCCCC)OC(=O)CCCCCCC/C=C\C=C/CCCCCCCCC. The summed E-state index contributed by atoms with van der Waals surface area (Å²) in [5.74, 6) is -0.894. The van der Waals surface area contributed by atoms with E-state index in [1.807, 2.05) is 0 Å². The molecule has 0 bridgehead atoms. The van der Waals surface area contributed by atoms with Crippen LogP contribution in [0.3, 0.4) is 0 Å². The summed E-state index contributed by atoms with van der Waals surface area (Å²) >= 11 is 0. The maximum absolute atomic E-state index is 12.8. The van der Waals surface area contributed by atoms with Gasteiger partial charge in [-0.1, -0.05) is 242 Å². The fourth-order valence-electron chi connectivity index (χ4n) is 7.86. The predicted octanol–water partition coefficient (Wildman–Crippen LogP) is 18.4. The number of rotatable bonds is 50. The number of ether oxygens (including phenoxy) is 3. The molecule has 0 radical (unpaired) electrons. The molecule has 0 aliphatic heterocycles. The van der Waals surface area contributed by atoms with Gasteiger partial charge >= 0.3 is 17.9 Å². The molecule has 1 unspecified atom stereocenters. The number of esters is 3. The van der Waals surface area contributed by atoms with Gasteiger partial charge in [-0.05, 0) is 77.0 Å². The maximum atomic E-state index is 12.8. The molecule has 0 aromatic carbocycles. The van der Waals surface area contributed by atoms with E-state index < -0.39 is 6.10 Å². The fourth-order valence-corrected chi connectivity index (χ4v) is 7.86. The summed E-state index contributed by atoms with van der Waals surface area (Å²) in [6.45, 7) is 6.51. The quantitative estimate of drug-likeness (QED) is 0.0199. The summed E-state index contributed by atoms with van der Waals surface area (Å²) < 4.78 is 16.8. The first kappa shape index (κ1) is 62.1. The van der Waals surface area contributed by atoms with Gasteiger partial charge in [0.15, 0.2) is 6.10 Å². The van der Waals surface area contributed by atoms with Crippen molar-refractivity contribution in [2.45, 2.75) is 284 Å². The van der Waals surface area contributed by atoms with Crippen LogP contribution in [0.15, 0.2) is 60.8 Å². The Morgan fingerprint density at radius 1 is 0.338 bits per heavy atom. The summed E-state index contributed by atoms with van der Waals surface area (Å²) in [6, 6.07) is 0. The molecule has 0 aliphatic carbocycles. The highest BCUT2D eigenvalue weighted by Crippen LogP contribution is 2.15. The van der Waals surface area contributed by atoms with E-state index in [0.29, 0.717) is 19.3 Å². The number of allylic oxidation sites excluding steroid dienone is 10. The smallest absolute Gasteiger partial charge is 0.306 e. The zero-order chi connectivity index (χ0) is 47.2. The Kier molecular flexibility index (Phi) is 51.3. The van der Waals surface area contributed by atoms with Gasteiger partial charge in [0.2, 0.25) is 0 Å². The van der Waals surface area contributed by atoms with Crippen LogP contribution in [0.4, 0.5) is 0 Å². The topological polar surface area (TPSA) is 78.9 Å². The van der Waals surface area contributed by atoms with Gasteiger partial charge in [0, 0.05) is 19.3 Å². The van der Waals surface area contributed by atoms with Crippen LogP contribution in [0, 0.1) is 0 Å². The third kappa shape index (κ3) is 51.9. The minimum atomic E-state index is -0.782. The molecule has 65 heavy (non-hydrogen) atoms. The van der Waals surface area contributed by atoms with Crippen LogP contribution >= 0.6 is 0 Å². The predicted molar refractivity (Wildman–Crippen MR) is 279 cm³/mol. The van der Waals surface area contributed by atoms with Crippen molar-refractivity contribution in [3.63, 3.8) is 0 Å². The number of carbonyl (C=O) groups excluding carboxylic acids is 3. The summed E-state index contributed by atoms with van der Waals surface area (Å²) in [7, 11) is 0. The van der Waals surface area contributed by atoms with Crippen molar-refractivity contribution in [1.29, 1.82) is 0 Å². The summed E-state index contributed by atoms with van der Waals surface area (Å²) in [4.78, 5) is 38.0. The van der Waals surface area contributed by atoms with Gasteiger partial charge in [0.1, 0.15) is 13.2 Å². The largest absolute Gasteiger partial charge is 0.462 e. The van der Waals surface area contributed by atoms with E-state index in [-0.39, 0.29) is 31.1 Å². The molecule has 0 spiro atoms. The van der Waals surface area contributed by atoms with Crippen LogP contribution in [0.25, 0.3) is 0 Å². The standard InChI is InChI=1S/C59H104O6/c1-4-7-10-13-16-19-22-24-26-28-30-32-33-35-37-40-43-46-49-52-58(61)64-55-56(54-63-57(60)51-48-45-42-39-21-18-15-12-9-6-3)65-59(62)53-50-47-44-41-38-36-34-31-29-27-25-23-20-17-14-11-8-5-2/h7,10,16,19,24,26-27,29,31,34,56H,4-6,8-9,11-15,17-18,20-23,25,28,30,32-33,35-55H2,1-3H3/b10-7-,19-16-,26-24-,29-27-,34-31-. The van der Waals surface area contributed by atoms with Crippen molar-refractivity contribution in [2.24, 2.45) is 0 Å². The minimum Gasteiger partial charge on any atom is -0.462 e. The molecule has 0 N–H and O–H groups in total. The second kappa shape index (κ2) is 53.7. The molecule has 6 nitrogen and oxygen atoms in total. The Labute approximate surface area is 402 Å². The lowest BCUT2D eigenvalue weighted by Gasteiger charge is -2.18. The normalized spacial score (nSPS) is 12.5. The van der Waals surface area contributed by atoms with E-state index >= 15 is 0 Å². The highest BCUT2D eigenvalue weighted by molar-refractivity contribution is 5.71. The van der Waals surface area contributed by atoms with Gasteiger partial charge in [-0.15, -0.1) is 0 Å². The van der Waals surface area contributed by atoms with Crippen molar-refractivity contribution < 1.29 is 28.6 Å². The molecule has 0 saturated carbocycles. The summed E-state index contributed by atoms with van der Waals surface area (Å²) in [6.07, 6.45) is 66.4. The second-order valence-electron chi connectivity index (χ2n) is 18.5. The van der Waals surface area contributed by atoms with Crippen LogP contribution < -0.4 is 0 Å². The van der Waals surface area contributed by atoms with Gasteiger partial charge in [0.05, 0.1) is 0 Å². The highest BCUT2D eigenvalue weighted by Gasteiger charge is 2.19. The number of hydrogen-bond acceptors (Lipinski definition) is 6. The van der Waals surface area contributed by atoms with E-state index in [9.17, 15) is 14.4 Å². The first-order chi connectivity index (χ1) is 32.0. The second-order valence-corrected chi connectivity index (χ2v) is 18.5. The fraction of sp³-hybridized carbons (Fsp3) is 0.780. The Morgan fingerprint density at radius 3 is 1.03 bits per heavy atom. The highest BCUT2D eigenvalue weighted by atomic mass is 16.6. The molecule has 0 saturated heterocycles. The lowest BCUT2D eigenvalue weighted by Crippen LogP contribution is -2.30. The van der Waals surface area contributed by atoms with E-state index in [0.717, 1.165) is 96.3 Å². The first-order valence-electron chi connectivity index (χ1n) is 27.8. The number of hydrogen-bond donors (Lipinski definition) is 0. The molecule has 6 heteroatoms. The Hall–Kier alpha value is -2.89. The van der Waals surface area contributed by atoms with Crippen LogP contribution in [0.2, 0.25) is 0 Å². The van der Waals surface area contributed by atoms with E-state index in [1.54, 1.807) is 0 Å². The lowest BCUT2D eigenvalue weighted by atomic mass is 10.1. The van der Waals surface area contributed by atoms with Crippen molar-refractivity contribution in [2.75, 3.05) is 13.2 Å². The third-order valence-electron chi connectivity index (χ3n) is 12.0. The zero-order valence-electron chi connectivity index (χ0n) is 43.0. The van der Waals surface area contributed by atoms with E-state index in [2.05, 4.69) is 81.5 Å². The molecule has 0 heterocycles. The van der Waals surface area contributed by atoms with Gasteiger partial charge in [0.25, 0.3) is 0 Å². The van der Waals surface area contributed by atoms with E-state index in [4.69, 9.17) is 14.2 Å². The summed E-state index contributed by atoms with van der Waals surface area (Å²) in [5.41, 5.74) is 0. The van der Waals surface area contributed by atoms with Gasteiger partial charge < -0.3 is 14.2 Å². The molecule has 0 aromatic heterocycles. The minimum absolute atomic E-state index is 0.0802. The van der Waals surface area contributed by atoms with E-state index in [1.165, 1.54) is 141 Å². The molecule has 1 atom stereocenters. The molecule has 0 amide bonds. The number of unbranched alkanes of at least 4 members (excludes halogenated alkanes) is 30. The monoisotopic (exact) mass is 909 g/mol. The van der Waals surface area contributed by atoms with Crippen LogP contribution in [-0.4, -0.2) is 37.2 Å². The van der Waals surface area contributed by atoms with Crippen molar-refractivity contribution in [3.05, 3.63) is 60.8 Å². The maximum Gasteiger partial charge on any atom is 0.306 e. The van der Waals surface area contributed by atoms with Gasteiger partial charge in [-0.25, -0.2) is 0 Å². The van der Waals surface area contributed by atoms with Gasteiger partial charge in [-0.3, -0.25) is 14.4 Å².